The number of carbonyl (C=O) groups excluding carboxylic acids is 1. The Labute approximate surface area is 134 Å². The van der Waals surface area contributed by atoms with E-state index in [1.165, 1.54) is 5.57 Å². The molecule has 0 heterocycles. The van der Waals surface area contributed by atoms with Gasteiger partial charge in [0.25, 0.3) is 0 Å². The number of aliphatic hydroxyl groups is 1. The summed E-state index contributed by atoms with van der Waals surface area (Å²) in [6.45, 7) is 12.6. The molecule has 0 radical (unpaired) electrons. The number of hydrogen-bond donors (Lipinski definition) is 1. The second-order valence-electron chi connectivity index (χ2n) is 8.87. The molecule has 0 aliphatic heterocycles. The quantitative estimate of drug-likeness (QED) is 0.734. The minimum absolute atomic E-state index is 0.115. The van der Waals surface area contributed by atoms with Crippen LogP contribution in [0.15, 0.2) is 24.3 Å². The first-order valence-corrected chi connectivity index (χ1v) is 8.70. The summed E-state index contributed by atoms with van der Waals surface area (Å²) in [5, 5.41) is 10.7. The maximum atomic E-state index is 12.3. The lowest BCUT2D eigenvalue weighted by Gasteiger charge is -2.59. The highest BCUT2D eigenvalue weighted by Crippen LogP contribution is 2.62. The Kier molecular flexibility index (Phi) is 3.49. The zero-order valence-corrected chi connectivity index (χ0v) is 14.5. The molecule has 0 aromatic heterocycles. The molecule has 3 aliphatic carbocycles. The maximum Gasteiger partial charge on any atom is 0.142 e. The van der Waals surface area contributed by atoms with E-state index >= 15 is 0 Å². The van der Waals surface area contributed by atoms with Gasteiger partial charge in [-0.2, -0.15) is 0 Å². The first-order chi connectivity index (χ1) is 10.1. The molecule has 2 fully saturated rings. The first kappa shape index (κ1) is 16.0. The van der Waals surface area contributed by atoms with Gasteiger partial charge in [-0.1, -0.05) is 31.6 Å². The molecule has 2 heteroatoms. The van der Waals surface area contributed by atoms with Crippen molar-refractivity contribution in [1.82, 2.24) is 0 Å². The molecule has 0 saturated heterocycles. The highest BCUT2D eigenvalue weighted by atomic mass is 16.3. The molecule has 0 aromatic rings. The Morgan fingerprint density at radius 3 is 2.59 bits per heavy atom. The number of Topliss-reactive ketones (excluding diaryl/α,β-unsaturated/α-hetero) is 1. The molecule has 122 valence electrons. The zero-order chi connectivity index (χ0) is 16.3. The Hall–Kier alpha value is -0.890. The predicted octanol–water partition coefficient (Wildman–Crippen LogP) is 4.29. The minimum atomic E-state index is -0.327. The van der Waals surface area contributed by atoms with Crippen molar-refractivity contribution in [2.24, 2.45) is 28.1 Å². The minimum Gasteiger partial charge on any atom is -0.392 e. The van der Waals surface area contributed by atoms with Crippen LogP contribution in [0.5, 0.6) is 0 Å². The molecule has 3 rings (SSSR count). The number of rotatable bonds is 1. The van der Waals surface area contributed by atoms with Gasteiger partial charge in [-0.3, -0.25) is 4.79 Å². The molecule has 1 N–H and O–H groups in total. The second kappa shape index (κ2) is 4.80. The topological polar surface area (TPSA) is 37.3 Å². The molecule has 2 saturated carbocycles. The molecular formula is C20H30O2. The van der Waals surface area contributed by atoms with E-state index in [4.69, 9.17) is 0 Å². The maximum absolute atomic E-state index is 12.3. The summed E-state index contributed by atoms with van der Waals surface area (Å²) < 4.78 is 0. The molecule has 0 spiro atoms. The average Bonchev–Trinajstić information content (AvgIpc) is 2.45. The van der Waals surface area contributed by atoms with Gasteiger partial charge >= 0.3 is 0 Å². The van der Waals surface area contributed by atoms with Crippen molar-refractivity contribution in [3.63, 3.8) is 0 Å². The van der Waals surface area contributed by atoms with Crippen LogP contribution < -0.4 is 0 Å². The van der Waals surface area contributed by atoms with E-state index in [1.807, 2.05) is 6.08 Å². The second-order valence-corrected chi connectivity index (χ2v) is 8.87. The smallest absolute Gasteiger partial charge is 0.142 e. The normalized spacial score (nSPS) is 47.2. The molecule has 5 atom stereocenters. The van der Waals surface area contributed by atoms with Crippen molar-refractivity contribution in [1.29, 1.82) is 0 Å². The van der Waals surface area contributed by atoms with E-state index in [0.29, 0.717) is 24.0 Å². The zero-order valence-electron chi connectivity index (χ0n) is 14.5. The fourth-order valence-electron chi connectivity index (χ4n) is 5.41. The Morgan fingerprint density at radius 2 is 1.95 bits per heavy atom. The monoisotopic (exact) mass is 302 g/mol. The molecule has 0 aromatic carbocycles. The van der Waals surface area contributed by atoms with Gasteiger partial charge in [-0.15, -0.1) is 6.58 Å². The third kappa shape index (κ3) is 1.99. The molecular weight excluding hydrogens is 272 g/mol. The Morgan fingerprint density at radius 1 is 1.27 bits per heavy atom. The third-order valence-electron chi connectivity index (χ3n) is 7.35. The van der Waals surface area contributed by atoms with Crippen molar-refractivity contribution in [3.8, 4) is 0 Å². The molecule has 22 heavy (non-hydrogen) atoms. The molecule has 3 aliphatic rings. The van der Waals surface area contributed by atoms with Crippen LogP contribution in [-0.2, 0) is 4.79 Å². The third-order valence-corrected chi connectivity index (χ3v) is 7.35. The van der Waals surface area contributed by atoms with Gasteiger partial charge in [0.15, 0.2) is 0 Å². The van der Waals surface area contributed by atoms with Crippen molar-refractivity contribution < 1.29 is 9.90 Å². The predicted molar refractivity (Wildman–Crippen MR) is 89.4 cm³/mol. The van der Waals surface area contributed by atoms with Crippen molar-refractivity contribution in [2.75, 3.05) is 0 Å². The van der Waals surface area contributed by atoms with E-state index in [1.54, 1.807) is 0 Å². The van der Waals surface area contributed by atoms with Gasteiger partial charge < -0.3 is 5.11 Å². The lowest BCUT2D eigenvalue weighted by atomic mass is 9.46. The van der Waals surface area contributed by atoms with Crippen LogP contribution in [-0.4, -0.2) is 17.0 Å². The highest BCUT2D eigenvalue weighted by molar-refractivity contribution is 5.88. The van der Waals surface area contributed by atoms with Crippen LogP contribution in [0.1, 0.15) is 59.8 Å². The van der Waals surface area contributed by atoms with Gasteiger partial charge in [-0.25, -0.2) is 0 Å². The fourth-order valence-corrected chi connectivity index (χ4v) is 5.41. The van der Waals surface area contributed by atoms with Gasteiger partial charge in [-0.05, 0) is 56.8 Å². The highest BCUT2D eigenvalue weighted by Gasteiger charge is 2.57. The van der Waals surface area contributed by atoms with Crippen molar-refractivity contribution >= 4 is 5.78 Å². The van der Waals surface area contributed by atoms with Gasteiger partial charge in [0, 0.05) is 17.3 Å². The molecule has 0 amide bonds. The van der Waals surface area contributed by atoms with Crippen LogP contribution in [0.4, 0.5) is 0 Å². The first-order valence-electron chi connectivity index (χ1n) is 8.70. The van der Waals surface area contributed by atoms with E-state index in [9.17, 15) is 9.90 Å². The van der Waals surface area contributed by atoms with Crippen molar-refractivity contribution in [3.05, 3.63) is 24.3 Å². The Balaban J connectivity index is 2.00. The van der Waals surface area contributed by atoms with E-state index in [2.05, 4.69) is 40.3 Å². The number of aliphatic hydroxyl groups excluding tert-OH is 1. The van der Waals surface area contributed by atoms with Crippen LogP contribution in [0.3, 0.4) is 0 Å². The SMILES string of the molecule is C=C[C@@]1(C)C[C@@H]2CC=C3[C@H](CCC(=O)C3(C)C)[C@@]2(C)C[C@@H]1O. The largest absolute Gasteiger partial charge is 0.392 e. The molecule has 2 nitrogen and oxygen atoms in total. The Bertz CT molecular complexity index is 544. The summed E-state index contributed by atoms with van der Waals surface area (Å²) in [7, 11) is 0. The van der Waals surface area contributed by atoms with Crippen LogP contribution in [0, 0.1) is 28.1 Å². The number of allylic oxidation sites excluding steroid dienone is 2. The number of ketones is 1. The van der Waals surface area contributed by atoms with E-state index in [0.717, 1.165) is 25.7 Å². The lowest BCUT2D eigenvalue weighted by Crippen LogP contribution is -2.54. The average molecular weight is 302 g/mol. The van der Waals surface area contributed by atoms with Crippen LogP contribution >= 0.6 is 0 Å². The van der Waals surface area contributed by atoms with Gasteiger partial charge in [0.2, 0.25) is 0 Å². The molecule has 0 unspecified atom stereocenters. The fraction of sp³-hybridized carbons (Fsp3) is 0.750. The lowest BCUT2D eigenvalue weighted by molar-refractivity contribution is -0.132. The van der Waals surface area contributed by atoms with Crippen LogP contribution in [0.25, 0.3) is 0 Å². The van der Waals surface area contributed by atoms with Gasteiger partial charge in [0.05, 0.1) is 6.10 Å². The summed E-state index contributed by atoms with van der Waals surface area (Å²) in [6, 6.07) is 0. The summed E-state index contributed by atoms with van der Waals surface area (Å²) in [4.78, 5) is 12.3. The number of hydrogen-bond acceptors (Lipinski definition) is 2. The summed E-state index contributed by atoms with van der Waals surface area (Å²) in [5.74, 6) is 1.41. The molecule has 0 bridgehead atoms. The summed E-state index contributed by atoms with van der Waals surface area (Å²) in [6.07, 6.45) is 8.49. The van der Waals surface area contributed by atoms with E-state index < -0.39 is 0 Å². The van der Waals surface area contributed by atoms with Crippen LogP contribution in [0.2, 0.25) is 0 Å². The van der Waals surface area contributed by atoms with E-state index in [-0.39, 0.29) is 22.3 Å². The van der Waals surface area contributed by atoms with Gasteiger partial charge in [0.1, 0.15) is 5.78 Å². The summed E-state index contributed by atoms with van der Waals surface area (Å²) in [5.41, 5.74) is 0.970. The number of fused-ring (bicyclic) bond motifs is 3. The number of carbonyl (C=O) groups is 1. The standard InChI is InChI=1S/C20H30O2/c1-6-19(4)11-13-7-8-14-15(20(13,5)12-17(19)22)9-10-16(21)18(14,2)3/h6,8,13,15,17,22H,1,7,9-12H2,2-5H3/t13-,15-,17-,19-,20-/m0/s1. The van der Waals surface area contributed by atoms with Crippen molar-refractivity contribution in [2.45, 2.75) is 65.9 Å². The summed E-state index contributed by atoms with van der Waals surface area (Å²) >= 11 is 0.